The van der Waals surface area contributed by atoms with Crippen LogP contribution in [-0.2, 0) is 14.3 Å². The Morgan fingerprint density at radius 1 is 1.37 bits per heavy atom. The van der Waals surface area contributed by atoms with Crippen LogP contribution in [0.1, 0.15) is 34.1 Å². The highest BCUT2D eigenvalue weighted by atomic mass is 16.6. The third kappa shape index (κ3) is 3.59. The minimum Gasteiger partial charge on any atom is -0.469 e. The van der Waals surface area contributed by atoms with Crippen LogP contribution in [0.25, 0.3) is 0 Å². The van der Waals surface area contributed by atoms with Crippen LogP contribution < -0.4 is 5.73 Å². The molecule has 1 heterocycles. The van der Waals surface area contributed by atoms with E-state index in [9.17, 15) is 9.59 Å². The fourth-order valence-electron chi connectivity index (χ4n) is 2.14. The van der Waals surface area contributed by atoms with Crippen molar-refractivity contribution < 1.29 is 19.1 Å². The fourth-order valence-corrected chi connectivity index (χ4v) is 2.14. The van der Waals surface area contributed by atoms with E-state index in [-0.39, 0.29) is 12.6 Å². The Labute approximate surface area is 114 Å². The number of carbonyl (C=O) groups excluding carboxylic acids is 2. The Balaban J connectivity index is 2.80. The maximum Gasteiger partial charge on any atom is 0.410 e. The van der Waals surface area contributed by atoms with E-state index in [1.807, 2.05) is 0 Å². The van der Waals surface area contributed by atoms with E-state index < -0.39 is 23.1 Å². The number of ether oxygens (including phenoxy) is 2. The third-order valence-electron chi connectivity index (χ3n) is 3.35. The Kier molecular flexibility index (Phi) is 4.45. The summed E-state index contributed by atoms with van der Waals surface area (Å²) in [6.07, 6.45) is 0.125. The summed E-state index contributed by atoms with van der Waals surface area (Å²) in [5.74, 6) is -0.395. The van der Waals surface area contributed by atoms with Crippen molar-refractivity contribution in [2.75, 3.05) is 20.2 Å². The van der Waals surface area contributed by atoms with Crippen molar-refractivity contribution in [1.82, 2.24) is 4.90 Å². The minimum absolute atomic E-state index is 0.218. The second kappa shape index (κ2) is 5.36. The molecule has 0 aromatic rings. The van der Waals surface area contributed by atoms with Crippen LogP contribution in [0.5, 0.6) is 0 Å². The molecule has 110 valence electrons. The van der Waals surface area contributed by atoms with Gasteiger partial charge in [0.1, 0.15) is 5.60 Å². The van der Waals surface area contributed by atoms with E-state index in [0.717, 1.165) is 0 Å². The summed E-state index contributed by atoms with van der Waals surface area (Å²) in [5.41, 5.74) is 4.56. The molecule has 0 unspecified atom stereocenters. The van der Waals surface area contributed by atoms with Gasteiger partial charge in [-0.3, -0.25) is 4.79 Å². The molecule has 1 saturated heterocycles. The van der Waals surface area contributed by atoms with Crippen molar-refractivity contribution in [3.63, 3.8) is 0 Å². The Bertz CT molecular complexity index is 364. The molecular formula is C13H24N2O4. The molecule has 1 aliphatic heterocycles. The molecule has 6 heteroatoms. The first-order valence-corrected chi connectivity index (χ1v) is 6.42. The molecule has 2 atom stereocenters. The van der Waals surface area contributed by atoms with E-state index in [1.54, 1.807) is 27.7 Å². The lowest BCUT2D eigenvalue weighted by molar-refractivity contribution is -0.155. The smallest absolute Gasteiger partial charge is 0.410 e. The number of piperidine rings is 1. The average molecular weight is 272 g/mol. The number of carbonyl (C=O) groups is 2. The molecule has 0 aliphatic carbocycles. The lowest BCUT2D eigenvalue weighted by Crippen LogP contribution is -2.59. The second-order valence-corrected chi connectivity index (χ2v) is 6.21. The van der Waals surface area contributed by atoms with Crippen LogP contribution in [0.3, 0.4) is 0 Å². The van der Waals surface area contributed by atoms with Gasteiger partial charge in [0, 0.05) is 19.1 Å². The van der Waals surface area contributed by atoms with Gasteiger partial charge < -0.3 is 20.1 Å². The van der Waals surface area contributed by atoms with Crippen molar-refractivity contribution in [3.8, 4) is 0 Å². The molecule has 0 saturated carbocycles. The molecule has 1 rings (SSSR count). The van der Waals surface area contributed by atoms with E-state index >= 15 is 0 Å². The van der Waals surface area contributed by atoms with E-state index in [4.69, 9.17) is 15.2 Å². The summed E-state index contributed by atoms with van der Waals surface area (Å²) in [4.78, 5) is 25.4. The van der Waals surface area contributed by atoms with Crippen LogP contribution in [0, 0.1) is 5.41 Å². The van der Waals surface area contributed by atoms with E-state index in [2.05, 4.69) is 0 Å². The number of likely N-dealkylation sites (tertiary alicyclic amines) is 1. The lowest BCUT2D eigenvalue weighted by Gasteiger charge is -2.42. The minimum atomic E-state index is -0.885. The zero-order valence-electron chi connectivity index (χ0n) is 12.4. The fraction of sp³-hybridized carbons (Fsp3) is 0.846. The lowest BCUT2D eigenvalue weighted by atomic mass is 9.78. The number of rotatable bonds is 1. The van der Waals surface area contributed by atoms with Crippen LogP contribution >= 0.6 is 0 Å². The van der Waals surface area contributed by atoms with E-state index in [1.165, 1.54) is 12.0 Å². The van der Waals surface area contributed by atoms with Crippen molar-refractivity contribution >= 4 is 12.1 Å². The number of hydrogen-bond acceptors (Lipinski definition) is 5. The van der Waals surface area contributed by atoms with Crippen LogP contribution in [0.2, 0.25) is 0 Å². The standard InChI is InChI=1S/C13H24N2O4/c1-12(2,3)19-11(17)15-7-6-9(14)13(4,8-15)10(16)18-5/h9H,6-8,14H2,1-5H3/t9-,13-/m1/s1. The molecule has 19 heavy (non-hydrogen) atoms. The van der Waals surface area contributed by atoms with Crippen molar-refractivity contribution in [2.24, 2.45) is 11.1 Å². The summed E-state index contributed by atoms with van der Waals surface area (Å²) >= 11 is 0. The first-order chi connectivity index (χ1) is 8.60. The number of amides is 1. The van der Waals surface area contributed by atoms with Gasteiger partial charge in [0.2, 0.25) is 0 Å². The molecule has 1 fully saturated rings. The monoisotopic (exact) mass is 272 g/mol. The van der Waals surface area contributed by atoms with Gasteiger partial charge in [-0.15, -0.1) is 0 Å². The number of hydrogen-bond donors (Lipinski definition) is 1. The predicted octanol–water partition coefficient (Wildman–Crippen LogP) is 1.13. The van der Waals surface area contributed by atoms with E-state index in [0.29, 0.717) is 13.0 Å². The first-order valence-electron chi connectivity index (χ1n) is 6.42. The van der Waals surface area contributed by atoms with Gasteiger partial charge in [0.15, 0.2) is 0 Å². The summed E-state index contributed by atoms with van der Waals surface area (Å²) in [7, 11) is 1.33. The predicted molar refractivity (Wildman–Crippen MR) is 70.5 cm³/mol. The highest BCUT2D eigenvalue weighted by Gasteiger charge is 2.46. The molecule has 0 radical (unpaired) electrons. The topological polar surface area (TPSA) is 81.9 Å². The molecular weight excluding hydrogens is 248 g/mol. The Morgan fingerprint density at radius 3 is 2.42 bits per heavy atom. The summed E-state index contributed by atoms with van der Waals surface area (Å²) in [6, 6.07) is -0.321. The highest BCUT2D eigenvalue weighted by Crippen LogP contribution is 2.30. The van der Waals surface area contributed by atoms with Gasteiger partial charge in [-0.25, -0.2) is 4.79 Å². The quantitative estimate of drug-likeness (QED) is 0.724. The second-order valence-electron chi connectivity index (χ2n) is 6.21. The first kappa shape index (κ1) is 15.8. The largest absolute Gasteiger partial charge is 0.469 e. The van der Waals surface area contributed by atoms with Gasteiger partial charge in [-0.05, 0) is 34.1 Å². The Hall–Kier alpha value is -1.30. The molecule has 6 nitrogen and oxygen atoms in total. The maximum atomic E-state index is 12.0. The van der Waals surface area contributed by atoms with Gasteiger partial charge in [0.05, 0.1) is 12.5 Å². The summed E-state index contributed by atoms with van der Waals surface area (Å²) in [6.45, 7) is 7.85. The Morgan fingerprint density at radius 2 is 1.95 bits per heavy atom. The SMILES string of the molecule is COC(=O)[C@]1(C)CN(C(=O)OC(C)(C)C)CC[C@H]1N. The number of esters is 1. The van der Waals surface area contributed by atoms with Crippen molar-refractivity contribution in [3.05, 3.63) is 0 Å². The van der Waals surface area contributed by atoms with Crippen LogP contribution in [-0.4, -0.2) is 48.8 Å². The number of methoxy groups -OCH3 is 1. The summed E-state index contributed by atoms with van der Waals surface area (Å²) < 4.78 is 10.1. The van der Waals surface area contributed by atoms with Gasteiger partial charge in [-0.1, -0.05) is 0 Å². The van der Waals surface area contributed by atoms with Crippen LogP contribution in [0.15, 0.2) is 0 Å². The molecule has 0 spiro atoms. The summed E-state index contributed by atoms with van der Waals surface area (Å²) in [5, 5.41) is 0. The maximum absolute atomic E-state index is 12.0. The number of nitrogens with zero attached hydrogens (tertiary/aromatic N) is 1. The molecule has 1 aliphatic rings. The van der Waals surface area contributed by atoms with Crippen molar-refractivity contribution in [2.45, 2.75) is 45.8 Å². The van der Waals surface area contributed by atoms with Crippen LogP contribution in [0.4, 0.5) is 4.79 Å². The molecule has 0 aromatic heterocycles. The normalized spacial score (nSPS) is 27.9. The highest BCUT2D eigenvalue weighted by molar-refractivity contribution is 5.79. The average Bonchev–Trinajstić information content (AvgIpc) is 2.29. The molecule has 0 bridgehead atoms. The number of nitrogens with two attached hydrogens (primary N) is 1. The zero-order chi connectivity index (χ0) is 14.8. The van der Waals surface area contributed by atoms with Gasteiger partial charge >= 0.3 is 12.1 Å². The molecule has 1 amide bonds. The van der Waals surface area contributed by atoms with Crippen molar-refractivity contribution in [1.29, 1.82) is 0 Å². The van der Waals surface area contributed by atoms with Gasteiger partial charge in [0.25, 0.3) is 0 Å². The van der Waals surface area contributed by atoms with Gasteiger partial charge in [-0.2, -0.15) is 0 Å². The third-order valence-corrected chi connectivity index (χ3v) is 3.35. The zero-order valence-corrected chi connectivity index (χ0v) is 12.4. The molecule has 0 aromatic carbocycles. The molecule has 2 N–H and O–H groups in total.